The molecule has 0 aliphatic carbocycles. The minimum Gasteiger partial charge on any atom is -0.414 e. The van der Waals surface area contributed by atoms with Crippen LogP contribution in [0, 0.1) is 0 Å². The molecule has 3 rings (SSSR count). The molecule has 0 radical (unpaired) electrons. The minimum atomic E-state index is -4.62. The Kier molecular flexibility index (Phi) is 5.89. The number of carbonyl (C=O) groups is 1. The maximum atomic E-state index is 12.9. The Morgan fingerprint density at radius 1 is 1.39 bits per heavy atom. The third-order valence-corrected chi connectivity index (χ3v) is 4.66. The Bertz CT molecular complexity index is 963. The molecular formula is C15H12ClF3N6O2S. The van der Waals surface area contributed by atoms with E-state index in [1.54, 1.807) is 6.92 Å². The fraction of sp³-hybridized carbons (Fsp3) is 0.267. The standard InChI is InChI=1S/C15H12ClF3N6O2S/c1-8(28-14-24-23-12(27-14)5-25-7-20-6-21-25)13(26)22-9-2-3-11(16)10(4-9)15(17,18)19/h2-4,6-8H,5H2,1H3,(H,22,26). The Morgan fingerprint density at radius 3 is 2.86 bits per heavy atom. The number of amides is 1. The first-order valence-electron chi connectivity index (χ1n) is 7.71. The van der Waals surface area contributed by atoms with Crippen LogP contribution >= 0.6 is 23.4 Å². The van der Waals surface area contributed by atoms with Crippen LogP contribution in [0.3, 0.4) is 0 Å². The summed E-state index contributed by atoms with van der Waals surface area (Å²) in [7, 11) is 0. The number of halogens is 4. The van der Waals surface area contributed by atoms with Crippen molar-refractivity contribution in [3.63, 3.8) is 0 Å². The van der Waals surface area contributed by atoms with Gasteiger partial charge in [0.25, 0.3) is 5.22 Å². The van der Waals surface area contributed by atoms with E-state index in [0.29, 0.717) is 0 Å². The van der Waals surface area contributed by atoms with Crippen LogP contribution in [0.25, 0.3) is 0 Å². The summed E-state index contributed by atoms with van der Waals surface area (Å²) in [5.74, 6) is -0.260. The van der Waals surface area contributed by atoms with Crippen LogP contribution in [-0.2, 0) is 17.5 Å². The van der Waals surface area contributed by atoms with Crippen LogP contribution in [0.4, 0.5) is 18.9 Å². The molecule has 1 unspecified atom stereocenters. The van der Waals surface area contributed by atoms with Crippen molar-refractivity contribution in [2.75, 3.05) is 5.32 Å². The van der Waals surface area contributed by atoms with Gasteiger partial charge >= 0.3 is 6.18 Å². The van der Waals surface area contributed by atoms with Gasteiger partial charge in [-0.2, -0.15) is 18.3 Å². The first kappa shape index (κ1) is 20.1. The molecule has 28 heavy (non-hydrogen) atoms. The highest BCUT2D eigenvalue weighted by Gasteiger charge is 2.33. The van der Waals surface area contributed by atoms with Crippen LogP contribution < -0.4 is 5.32 Å². The first-order chi connectivity index (χ1) is 13.2. The summed E-state index contributed by atoms with van der Waals surface area (Å²) in [4.78, 5) is 16.1. The molecule has 0 bridgehead atoms. The average Bonchev–Trinajstić information content (AvgIpc) is 3.28. The number of hydrogen-bond acceptors (Lipinski definition) is 7. The predicted molar refractivity (Wildman–Crippen MR) is 93.8 cm³/mol. The zero-order valence-electron chi connectivity index (χ0n) is 14.1. The summed E-state index contributed by atoms with van der Waals surface area (Å²) in [5, 5.41) is 13.0. The molecule has 0 saturated carbocycles. The predicted octanol–water partition coefficient (Wildman–Crippen LogP) is 3.50. The molecule has 0 aliphatic rings. The lowest BCUT2D eigenvalue weighted by Crippen LogP contribution is -2.22. The van der Waals surface area contributed by atoms with Gasteiger partial charge < -0.3 is 9.73 Å². The molecule has 2 aromatic heterocycles. The van der Waals surface area contributed by atoms with E-state index in [-0.39, 0.29) is 23.3 Å². The van der Waals surface area contributed by atoms with Gasteiger partial charge in [0.15, 0.2) is 0 Å². The minimum absolute atomic E-state index is 0.0217. The molecular weight excluding hydrogens is 421 g/mol. The maximum absolute atomic E-state index is 12.9. The van der Waals surface area contributed by atoms with Crippen molar-refractivity contribution in [1.29, 1.82) is 0 Å². The molecule has 2 heterocycles. The molecule has 1 atom stereocenters. The highest BCUT2D eigenvalue weighted by molar-refractivity contribution is 8.00. The molecule has 0 spiro atoms. The van der Waals surface area contributed by atoms with Gasteiger partial charge in [-0.1, -0.05) is 23.4 Å². The van der Waals surface area contributed by atoms with Crippen LogP contribution in [0.1, 0.15) is 18.4 Å². The quantitative estimate of drug-likeness (QED) is 0.595. The highest BCUT2D eigenvalue weighted by Crippen LogP contribution is 2.36. The van der Waals surface area contributed by atoms with E-state index < -0.39 is 27.9 Å². The summed E-state index contributed by atoms with van der Waals surface area (Å²) in [6.45, 7) is 1.78. The van der Waals surface area contributed by atoms with Gasteiger partial charge in [-0.25, -0.2) is 9.67 Å². The Balaban J connectivity index is 1.61. The van der Waals surface area contributed by atoms with Gasteiger partial charge in [0.2, 0.25) is 11.8 Å². The fourth-order valence-electron chi connectivity index (χ4n) is 2.07. The molecule has 0 fully saturated rings. The molecule has 0 aliphatic heterocycles. The normalized spacial score (nSPS) is 12.8. The number of carbonyl (C=O) groups excluding carboxylic acids is 1. The highest BCUT2D eigenvalue weighted by atomic mass is 35.5. The molecule has 1 N–H and O–H groups in total. The van der Waals surface area contributed by atoms with Crippen LogP contribution in [0.2, 0.25) is 5.02 Å². The van der Waals surface area contributed by atoms with E-state index in [2.05, 4.69) is 25.6 Å². The first-order valence-corrected chi connectivity index (χ1v) is 8.97. The third kappa shape index (κ3) is 5.01. The lowest BCUT2D eigenvalue weighted by atomic mass is 10.2. The average molecular weight is 433 g/mol. The second-order valence-electron chi connectivity index (χ2n) is 5.50. The van der Waals surface area contributed by atoms with Gasteiger partial charge in [-0.05, 0) is 25.1 Å². The van der Waals surface area contributed by atoms with Crippen molar-refractivity contribution in [2.24, 2.45) is 0 Å². The van der Waals surface area contributed by atoms with Gasteiger partial charge in [0.05, 0.1) is 15.8 Å². The topological polar surface area (TPSA) is 98.7 Å². The van der Waals surface area contributed by atoms with Gasteiger partial charge in [-0.3, -0.25) is 4.79 Å². The number of anilines is 1. The number of alkyl halides is 3. The Hall–Kier alpha value is -2.60. The number of hydrogen-bond donors (Lipinski definition) is 1. The molecule has 0 saturated heterocycles. The van der Waals surface area contributed by atoms with E-state index in [0.717, 1.165) is 23.9 Å². The molecule has 8 nitrogen and oxygen atoms in total. The number of nitrogens with zero attached hydrogens (tertiary/aromatic N) is 5. The number of benzene rings is 1. The smallest absolute Gasteiger partial charge is 0.414 e. The summed E-state index contributed by atoms with van der Waals surface area (Å²) >= 11 is 6.54. The van der Waals surface area contributed by atoms with Crippen molar-refractivity contribution in [3.8, 4) is 0 Å². The molecule has 13 heteroatoms. The zero-order valence-corrected chi connectivity index (χ0v) is 15.7. The van der Waals surface area contributed by atoms with Gasteiger partial charge in [-0.15, -0.1) is 10.2 Å². The third-order valence-electron chi connectivity index (χ3n) is 3.40. The van der Waals surface area contributed by atoms with Gasteiger partial charge in [0.1, 0.15) is 19.2 Å². The summed E-state index contributed by atoms with van der Waals surface area (Å²) in [6.07, 6.45) is -1.78. The van der Waals surface area contributed by atoms with Gasteiger partial charge in [0, 0.05) is 5.69 Å². The van der Waals surface area contributed by atoms with E-state index in [9.17, 15) is 18.0 Å². The molecule has 3 aromatic rings. The summed E-state index contributed by atoms with van der Waals surface area (Å²) in [5.41, 5.74) is -1.05. The molecule has 1 aromatic carbocycles. The van der Waals surface area contributed by atoms with E-state index in [1.807, 2.05) is 0 Å². The van der Waals surface area contributed by atoms with Crippen molar-refractivity contribution in [3.05, 3.63) is 47.3 Å². The number of rotatable bonds is 6. The lowest BCUT2D eigenvalue weighted by Gasteiger charge is -2.13. The Labute approximate surface area is 165 Å². The van der Waals surface area contributed by atoms with Crippen LogP contribution in [0.15, 0.2) is 40.5 Å². The van der Waals surface area contributed by atoms with Crippen LogP contribution in [-0.4, -0.2) is 36.1 Å². The van der Waals surface area contributed by atoms with E-state index in [4.69, 9.17) is 16.0 Å². The lowest BCUT2D eigenvalue weighted by molar-refractivity contribution is -0.137. The van der Waals surface area contributed by atoms with Crippen LogP contribution in [0.5, 0.6) is 0 Å². The second-order valence-corrected chi connectivity index (χ2v) is 7.20. The fourth-order valence-corrected chi connectivity index (χ4v) is 3.00. The van der Waals surface area contributed by atoms with Crippen molar-refractivity contribution in [1.82, 2.24) is 25.0 Å². The van der Waals surface area contributed by atoms with E-state index >= 15 is 0 Å². The molecule has 148 valence electrons. The van der Waals surface area contributed by atoms with Crippen molar-refractivity contribution in [2.45, 2.75) is 30.1 Å². The zero-order chi connectivity index (χ0) is 20.3. The molecule has 1 amide bonds. The van der Waals surface area contributed by atoms with Crippen molar-refractivity contribution < 1.29 is 22.4 Å². The largest absolute Gasteiger partial charge is 0.417 e. The van der Waals surface area contributed by atoms with Crippen molar-refractivity contribution >= 4 is 35.0 Å². The summed E-state index contributed by atoms with van der Waals surface area (Å²) in [6, 6.07) is 3.14. The number of thioether (sulfide) groups is 1. The second kappa shape index (κ2) is 8.19. The monoisotopic (exact) mass is 432 g/mol. The van der Waals surface area contributed by atoms with E-state index in [1.165, 1.54) is 23.4 Å². The number of nitrogens with one attached hydrogen (secondary N) is 1. The Morgan fingerprint density at radius 2 is 2.18 bits per heavy atom. The summed E-state index contributed by atoms with van der Waals surface area (Å²) < 4.78 is 45.6. The number of aromatic nitrogens is 5. The maximum Gasteiger partial charge on any atom is 0.417 e. The SMILES string of the molecule is CC(Sc1nnc(Cn2cncn2)o1)C(=O)Nc1ccc(Cl)c(C(F)(F)F)c1.